The molecule has 0 fully saturated rings. The van der Waals surface area contributed by atoms with Gasteiger partial charge in [-0.25, -0.2) is 4.42 Å². The molecule has 0 spiro atoms. The molecule has 0 heterocycles. The van der Waals surface area contributed by atoms with Crippen molar-refractivity contribution < 1.29 is 4.79 Å². The lowest BCUT2D eigenvalue weighted by atomic mass is 10.3. The fourth-order valence-corrected chi connectivity index (χ4v) is 0.816. The fraction of sp³-hybridized carbons (Fsp3) is 0.625. The molecule has 0 aliphatic heterocycles. The Labute approximate surface area is 78.7 Å². The molecule has 0 aliphatic carbocycles. The number of likely N-dealkylation sites (N-methyl/N-ethyl adjacent to an activating group) is 1. The van der Waals surface area contributed by atoms with Crippen LogP contribution in [-0.2, 0) is 4.79 Å². The molecule has 3 nitrogen and oxygen atoms in total. The summed E-state index contributed by atoms with van der Waals surface area (Å²) in [6.45, 7) is 6.43. The highest BCUT2D eigenvalue weighted by molar-refractivity contribution is 6.23. The Bertz CT molecular complexity index is 180. The lowest BCUT2D eigenvalue weighted by Crippen LogP contribution is -2.30. The van der Waals surface area contributed by atoms with E-state index in [1.54, 1.807) is 6.92 Å². The SMILES string of the molecule is C=C(C)C(=O)N(Cl)CCN(C)C. The molecule has 0 N–H and O–H groups in total. The van der Waals surface area contributed by atoms with Crippen molar-refractivity contribution in [3.05, 3.63) is 12.2 Å². The largest absolute Gasteiger partial charge is 0.308 e. The zero-order chi connectivity index (χ0) is 9.72. The van der Waals surface area contributed by atoms with Gasteiger partial charge in [-0.1, -0.05) is 6.58 Å². The highest BCUT2D eigenvalue weighted by Gasteiger charge is 2.10. The molecule has 0 unspecified atom stereocenters. The lowest BCUT2D eigenvalue weighted by Gasteiger charge is -2.16. The van der Waals surface area contributed by atoms with Crippen LogP contribution < -0.4 is 0 Å². The van der Waals surface area contributed by atoms with E-state index in [1.165, 1.54) is 0 Å². The summed E-state index contributed by atoms with van der Waals surface area (Å²) in [6.07, 6.45) is 0. The number of halogens is 1. The highest BCUT2D eigenvalue weighted by atomic mass is 35.5. The molecule has 0 aromatic carbocycles. The second kappa shape index (κ2) is 5.17. The van der Waals surface area contributed by atoms with Crippen LogP contribution in [0.15, 0.2) is 12.2 Å². The van der Waals surface area contributed by atoms with E-state index in [0.717, 1.165) is 11.0 Å². The molecule has 70 valence electrons. The summed E-state index contributed by atoms with van der Waals surface area (Å²) in [7, 11) is 3.85. The van der Waals surface area contributed by atoms with Crippen LogP contribution in [0.4, 0.5) is 0 Å². The van der Waals surface area contributed by atoms with E-state index in [-0.39, 0.29) is 5.91 Å². The van der Waals surface area contributed by atoms with Crippen molar-refractivity contribution in [1.82, 2.24) is 9.32 Å². The van der Waals surface area contributed by atoms with Gasteiger partial charge in [0.1, 0.15) is 0 Å². The first-order valence-corrected chi connectivity index (χ1v) is 4.07. The molecule has 4 heteroatoms. The number of carbonyl (C=O) groups is 1. The summed E-state index contributed by atoms with van der Waals surface area (Å²) >= 11 is 5.67. The van der Waals surface area contributed by atoms with Gasteiger partial charge in [0.25, 0.3) is 5.91 Å². The molecule has 0 aliphatic rings. The van der Waals surface area contributed by atoms with Crippen molar-refractivity contribution in [2.24, 2.45) is 0 Å². The first-order valence-electron chi connectivity index (χ1n) is 3.73. The minimum atomic E-state index is -0.210. The van der Waals surface area contributed by atoms with Gasteiger partial charge in [0.2, 0.25) is 0 Å². The van der Waals surface area contributed by atoms with Crippen molar-refractivity contribution >= 4 is 17.7 Å². The summed E-state index contributed by atoms with van der Waals surface area (Å²) in [5.74, 6) is -0.210. The van der Waals surface area contributed by atoms with Crippen LogP contribution in [-0.4, -0.2) is 42.4 Å². The second-order valence-electron chi connectivity index (χ2n) is 2.97. The quantitative estimate of drug-likeness (QED) is 0.490. The minimum Gasteiger partial charge on any atom is -0.308 e. The maximum absolute atomic E-state index is 11.1. The minimum absolute atomic E-state index is 0.210. The van der Waals surface area contributed by atoms with E-state index in [1.807, 2.05) is 19.0 Å². The van der Waals surface area contributed by atoms with Crippen LogP contribution in [0.1, 0.15) is 6.92 Å². The van der Waals surface area contributed by atoms with Crippen molar-refractivity contribution in [2.45, 2.75) is 6.92 Å². The molecule has 0 radical (unpaired) electrons. The highest BCUT2D eigenvalue weighted by Crippen LogP contribution is 2.01. The lowest BCUT2D eigenvalue weighted by molar-refractivity contribution is -0.122. The van der Waals surface area contributed by atoms with E-state index in [2.05, 4.69) is 6.58 Å². The Morgan fingerprint density at radius 3 is 2.25 bits per heavy atom. The monoisotopic (exact) mass is 190 g/mol. The Morgan fingerprint density at radius 2 is 1.92 bits per heavy atom. The standard InChI is InChI=1S/C8H15ClN2O/c1-7(2)8(12)11(9)6-5-10(3)4/h1,5-6H2,2-4H3. The number of hydrogen-bond donors (Lipinski definition) is 0. The number of rotatable bonds is 4. The van der Waals surface area contributed by atoms with Gasteiger partial charge >= 0.3 is 0 Å². The van der Waals surface area contributed by atoms with E-state index in [9.17, 15) is 4.79 Å². The zero-order valence-electron chi connectivity index (χ0n) is 7.80. The van der Waals surface area contributed by atoms with Crippen molar-refractivity contribution in [1.29, 1.82) is 0 Å². The van der Waals surface area contributed by atoms with E-state index >= 15 is 0 Å². The molecular weight excluding hydrogens is 176 g/mol. The topological polar surface area (TPSA) is 23.6 Å². The average Bonchev–Trinajstić information content (AvgIpc) is 1.98. The Hall–Kier alpha value is -0.540. The van der Waals surface area contributed by atoms with Gasteiger partial charge in [-0.3, -0.25) is 4.79 Å². The van der Waals surface area contributed by atoms with E-state index in [4.69, 9.17) is 11.8 Å². The van der Waals surface area contributed by atoms with Crippen molar-refractivity contribution in [2.75, 3.05) is 27.2 Å². The van der Waals surface area contributed by atoms with Gasteiger partial charge in [-0.2, -0.15) is 0 Å². The van der Waals surface area contributed by atoms with Crippen LogP contribution in [0.5, 0.6) is 0 Å². The molecule has 0 bridgehead atoms. The maximum atomic E-state index is 11.1. The Balaban J connectivity index is 3.80. The normalized spacial score (nSPS) is 10.1. The Kier molecular flexibility index (Phi) is 4.93. The molecule has 0 aromatic rings. The van der Waals surface area contributed by atoms with Crippen LogP contribution in [0, 0.1) is 0 Å². The molecule has 1 amide bonds. The summed E-state index contributed by atoms with van der Waals surface area (Å²) in [4.78, 5) is 13.1. The Morgan fingerprint density at radius 1 is 1.42 bits per heavy atom. The third kappa shape index (κ3) is 4.36. The number of nitrogens with zero attached hydrogens (tertiary/aromatic N) is 2. The first kappa shape index (κ1) is 11.5. The van der Waals surface area contributed by atoms with Crippen LogP contribution in [0.25, 0.3) is 0 Å². The van der Waals surface area contributed by atoms with E-state index < -0.39 is 0 Å². The number of carbonyl (C=O) groups excluding carboxylic acids is 1. The predicted octanol–water partition coefficient (Wildman–Crippen LogP) is 1.11. The molecule has 0 atom stereocenters. The van der Waals surface area contributed by atoms with Gasteiger partial charge in [-0.05, 0) is 21.0 Å². The zero-order valence-corrected chi connectivity index (χ0v) is 8.56. The predicted molar refractivity (Wildman–Crippen MR) is 50.9 cm³/mol. The number of amides is 1. The van der Waals surface area contributed by atoms with Gasteiger partial charge in [0.15, 0.2) is 0 Å². The molecule has 12 heavy (non-hydrogen) atoms. The van der Waals surface area contributed by atoms with Crippen LogP contribution in [0.2, 0.25) is 0 Å². The van der Waals surface area contributed by atoms with Gasteiger partial charge < -0.3 is 4.90 Å². The summed E-state index contributed by atoms with van der Waals surface area (Å²) in [5, 5.41) is 0. The first-order chi connectivity index (χ1) is 5.45. The number of hydrogen-bond acceptors (Lipinski definition) is 2. The van der Waals surface area contributed by atoms with Gasteiger partial charge in [0, 0.05) is 23.9 Å². The summed E-state index contributed by atoms with van der Waals surface area (Å²) in [5.41, 5.74) is 0.462. The molecule has 0 saturated heterocycles. The molecule has 0 aromatic heterocycles. The van der Waals surface area contributed by atoms with Crippen molar-refractivity contribution in [3.63, 3.8) is 0 Å². The third-order valence-electron chi connectivity index (χ3n) is 1.33. The third-order valence-corrected chi connectivity index (χ3v) is 1.65. The molecule has 0 rings (SSSR count). The van der Waals surface area contributed by atoms with Gasteiger partial charge in [-0.15, -0.1) is 0 Å². The van der Waals surface area contributed by atoms with Crippen LogP contribution in [0.3, 0.4) is 0 Å². The second-order valence-corrected chi connectivity index (χ2v) is 3.38. The molecular formula is C8H15ClN2O. The van der Waals surface area contributed by atoms with Crippen LogP contribution >= 0.6 is 11.8 Å². The van der Waals surface area contributed by atoms with Crippen molar-refractivity contribution in [3.8, 4) is 0 Å². The smallest absolute Gasteiger partial charge is 0.263 e. The maximum Gasteiger partial charge on any atom is 0.263 e. The fourth-order valence-electron chi connectivity index (χ4n) is 0.596. The van der Waals surface area contributed by atoms with Gasteiger partial charge in [0.05, 0.1) is 6.54 Å². The summed E-state index contributed by atoms with van der Waals surface area (Å²) in [6, 6.07) is 0. The molecule has 0 saturated carbocycles. The average molecular weight is 191 g/mol. The summed E-state index contributed by atoms with van der Waals surface area (Å²) < 4.78 is 1.16. The van der Waals surface area contributed by atoms with E-state index in [0.29, 0.717) is 12.1 Å².